The van der Waals surface area contributed by atoms with Crippen LogP contribution in [0.2, 0.25) is 5.02 Å². The molecule has 0 aliphatic carbocycles. The first kappa shape index (κ1) is 13.8. The van der Waals surface area contributed by atoms with Crippen molar-refractivity contribution in [1.29, 1.82) is 0 Å². The van der Waals surface area contributed by atoms with Gasteiger partial charge in [-0.2, -0.15) is 0 Å². The average molecular weight is 283 g/mol. The monoisotopic (exact) mass is 282 g/mol. The van der Waals surface area contributed by atoms with Crippen molar-refractivity contribution in [2.45, 2.75) is 0 Å². The molecule has 0 radical (unpaired) electrons. The fraction of sp³-hybridized carbons (Fsp3) is 0.417. The Morgan fingerprint density at radius 3 is 2.84 bits per heavy atom. The number of hydrogen-bond acceptors (Lipinski definition) is 4. The quantitative estimate of drug-likeness (QED) is 0.812. The third kappa shape index (κ3) is 3.90. The molecule has 1 aromatic rings. The first-order chi connectivity index (χ1) is 9.16. The van der Waals surface area contributed by atoms with E-state index in [1.54, 1.807) is 11.0 Å². The first-order valence-corrected chi connectivity index (χ1v) is 6.43. The minimum atomic E-state index is -0.397. The molecule has 0 spiro atoms. The summed E-state index contributed by atoms with van der Waals surface area (Å²) in [4.78, 5) is 29.2. The van der Waals surface area contributed by atoms with Gasteiger partial charge in [-0.1, -0.05) is 11.6 Å². The van der Waals surface area contributed by atoms with Crippen LogP contribution in [0.5, 0.6) is 0 Å². The number of pyridine rings is 1. The van der Waals surface area contributed by atoms with Crippen LogP contribution in [0.15, 0.2) is 18.3 Å². The molecule has 0 bridgehead atoms. The van der Waals surface area contributed by atoms with Crippen molar-refractivity contribution in [3.05, 3.63) is 29.0 Å². The standard InChI is InChI=1S/C12H15ClN4O2/c13-9-1-2-15-10(7-9)12(19)16-8-11(18)17-5-3-14-4-6-17/h1-2,7,14H,3-6,8H2,(H,16,19). The summed E-state index contributed by atoms with van der Waals surface area (Å²) in [6, 6.07) is 3.05. The van der Waals surface area contributed by atoms with Gasteiger partial charge in [-0.15, -0.1) is 0 Å². The third-order valence-electron chi connectivity index (χ3n) is 2.82. The largest absolute Gasteiger partial charge is 0.342 e. The van der Waals surface area contributed by atoms with Crippen LogP contribution in [0, 0.1) is 0 Å². The van der Waals surface area contributed by atoms with Crippen LogP contribution in [0.4, 0.5) is 0 Å². The lowest BCUT2D eigenvalue weighted by Crippen LogP contribution is -2.49. The van der Waals surface area contributed by atoms with Gasteiger partial charge in [0.2, 0.25) is 5.91 Å². The van der Waals surface area contributed by atoms with E-state index in [1.807, 2.05) is 0 Å². The highest BCUT2D eigenvalue weighted by Crippen LogP contribution is 2.07. The van der Waals surface area contributed by atoms with Crippen LogP contribution in [0.25, 0.3) is 0 Å². The molecule has 102 valence electrons. The lowest BCUT2D eigenvalue weighted by atomic mass is 10.3. The predicted molar refractivity (Wildman–Crippen MR) is 71.0 cm³/mol. The molecule has 7 heteroatoms. The van der Waals surface area contributed by atoms with Gasteiger partial charge in [0.1, 0.15) is 5.69 Å². The molecule has 0 saturated carbocycles. The Morgan fingerprint density at radius 1 is 1.42 bits per heavy atom. The molecular formula is C12H15ClN4O2. The number of rotatable bonds is 3. The number of amides is 2. The molecule has 1 fully saturated rings. The second-order valence-corrected chi connectivity index (χ2v) is 4.61. The molecule has 2 rings (SSSR count). The van der Waals surface area contributed by atoms with Crippen molar-refractivity contribution >= 4 is 23.4 Å². The van der Waals surface area contributed by atoms with Gasteiger partial charge < -0.3 is 15.5 Å². The van der Waals surface area contributed by atoms with Crippen LogP contribution < -0.4 is 10.6 Å². The smallest absolute Gasteiger partial charge is 0.270 e. The number of hydrogen-bond donors (Lipinski definition) is 2. The molecule has 2 N–H and O–H groups in total. The van der Waals surface area contributed by atoms with Gasteiger partial charge in [-0.3, -0.25) is 14.6 Å². The molecule has 0 unspecified atom stereocenters. The maximum Gasteiger partial charge on any atom is 0.270 e. The highest BCUT2D eigenvalue weighted by molar-refractivity contribution is 6.30. The average Bonchev–Trinajstić information content (AvgIpc) is 2.45. The summed E-state index contributed by atoms with van der Waals surface area (Å²) in [7, 11) is 0. The van der Waals surface area contributed by atoms with E-state index in [9.17, 15) is 9.59 Å². The summed E-state index contributed by atoms with van der Waals surface area (Å²) < 4.78 is 0. The zero-order valence-corrected chi connectivity index (χ0v) is 11.1. The highest BCUT2D eigenvalue weighted by Gasteiger charge is 2.17. The van der Waals surface area contributed by atoms with Gasteiger partial charge in [-0.25, -0.2) is 0 Å². The van der Waals surface area contributed by atoms with E-state index in [4.69, 9.17) is 11.6 Å². The zero-order valence-electron chi connectivity index (χ0n) is 10.4. The fourth-order valence-electron chi connectivity index (χ4n) is 1.80. The number of carbonyl (C=O) groups excluding carboxylic acids is 2. The minimum Gasteiger partial charge on any atom is -0.342 e. The van der Waals surface area contributed by atoms with E-state index >= 15 is 0 Å². The Morgan fingerprint density at radius 2 is 2.16 bits per heavy atom. The Bertz CT molecular complexity index is 475. The van der Waals surface area contributed by atoms with E-state index in [0.717, 1.165) is 13.1 Å². The third-order valence-corrected chi connectivity index (χ3v) is 3.06. The Labute approximate surface area is 116 Å². The molecule has 1 aliphatic heterocycles. The second kappa shape index (κ2) is 6.49. The highest BCUT2D eigenvalue weighted by atomic mass is 35.5. The minimum absolute atomic E-state index is 0.0208. The molecular weight excluding hydrogens is 268 g/mol. The van der Waals surface area contributed by atoms with Crippen LogP contribution >= 0.6 is 11.6 Å². The van der Waals surface area contributed by atoms with Gasteiger partial charge in [0.15, 0.2) is 0 Å². The Balaban J connectivity index is 1.84. The second-order valence-electron chi connectivity index (χ2n) is 4.17. The molecule has 2 amide bonds. The first-order valence-electron chi connectivity index (χ1n) is 6.05. The van der Waals surface area contributed by atoms with Crippen LogP contribution in [0.3, 0.4) is 0 Å². The van der Waals surface area contributed by atoms with Crippen molar-refractivity contribution in [2.24, 2.45) is 0 Å². The van der Waals surface area contributed by atoms with Crippen LogP contribution in [0.1, 0.15) is 10.5 Å². The number of carbonyl (C=O) groups is 2. The zero-order chi connectivity index (χ0) is 13.7. The maximum absolute atomic E-state index is 11.8. The molecule has 1 aliphatic rings. The van der Waals surface area contributed by atoms with Crippen molar-refractivity contribution < 1.29 is 9.59 Å². The number of aromatic nitrogens is 1. The Hall–Kier alpha value is -1.66. The molecule has 0 aromatic carbocycles. The van der Waals surface area contributed by atoms with Crippen molar-refractivity contribution in [3.63, 3.8) is 0 Å². The molecule has 19 heavy (non-hydrogen) atoms. The summed E-state index contributed by atoms with van der Waals surface area (Å²) in [5.74, 6) is -0.483. The topological polar surface area (TPSA) is 74.3 Å². The number of nitrogens with zero attached hydrogens (tertiary/aromatic N) is 2. The van der Waals surface area contributed by atoms with Gasteiger partial charge in [0.05, 0.1) is 6.54 Å². The SMILES string of the molecule is O=C(NCC(=O)N1CCNCC1)c1cc(Cl)ccn1. The van der Waals surface area contributed by atoms with E-state index < -0.39 is 5.91 Å². The lowest BCUT2D eigenvalue weighted by Gasteiger charge is -2.27. The summed E-state index contributed by atoms with van der Waals surface area (Å²) in [5.41, 5.74) is 0.209. The fourth-order valence-corrected chi connectivity index (χ4v) is 1.96. The normalized spacial score (nSPS) is 15.1. The van der Waals surface area contributed by atoms with Gasteiger partial charge in [0.25, 0.3) is 5.91 Å². The van der Waals surface area contributed by atoms with Crippen molar-refractivity contribution in [1.82, 2.24) is 20.5 Å². The Kier molecular flexibility index (Phi) is 4.70. The van der Waals surface area contributed by atoms with E-state index in [2.05, 4.69) is 15.6 Å². The lowest BCUT2D eigenvalue weighted by molar-refractivity contribution is -0.130. The van der Waals surface area contributed by atoms with Gasteiger partial charge in [-0.05, 0) is 12.1 Å². The summed E-state index contributed by atoms with van der Waals surface area (Å²) in [6.45, 7) is 2.90. The molecule has 1 saturated heterocycles. The molecule has 6 nitrogen and oxygen atoms in total. The predicted octanol–water partition coefficient (Wildman–Crippen LogP) is -0.103. The van der Waals surface area contributed by atoms with E-state index in [1.165, 1.54) is 12.3 Å². The van der Waals surface area contributed by atoms with Gasteiger partial charge >= 0.3 is 0 Å². The summed E-state index contributed by atoms with van der Waals surface area (Å²) in [5, 5.41) is 6.15. The molecule has 2 heterocycles. The molecule has 1 aromatic heterocycles. The van der Waals surface area contributed by atoms with Crippen molar-refractivity contribution in [2.75, 3.05) is 32.7 Å². The molecule has 0 atom stereocenters. The maximum atomic E-state index is 11.8. The van der Waals surface area contributed by atoms with Gasteiger partial charge in [0, 0.05) is 37.4 Å². The number of halogens is 1. The van der Waals surface area contributed by atoms with Crippen LogP contribution in [-0.4, -0.2) is 54.4 Å². The van der Waals surface area contributed by atoms with E-state index in [-0.39, 0.29) is 18.1 Å². The van der Waals surface area contributed by atoms with E-state index in [0.29, 0.717) is 18.1 Å². The van der Waals surface area contributed by atoms with Crippen molar-refractivity contribution in [3.8, 4) is 0 Å². The number of nitrogens with one attached hydrogen (secondary N) is 2. The van der Waals surface area contributed by atoms with Crippen LogP contribution in [-0.2, 0) is 4.79 Å². The summed E-state index contributed by atoms with van der Waals surface area (Å²) >= 11 is 5.77. The summed E-state index contributed by atoms with van der Waals surface area (Å²) in [6.07, 6.45) is 1.45. The number of piperazine rings is 1.